The highest BCUT2D eigenvalue weighted by Crippen LogP contribution is 2.27. The molecule has 0 spiro atoms. The molecular weight excluding hydrogens is 469 g/mol. The Morgan fingerprint density at radius 2 is 1.83 bits per heavy atom. The third kappa shape index (κ3) is 6.78. The van der Waals surface area contributed by atoms with Crippen molar-refractivity contribution in [2.24, 2.45) is 5.10 Å². The van der Waals surface area contributed by atoms with Gasteiger partial charge in [0.05, 0.1) is 13.3 Å². The van der Waals surface area contributed by atoms with Gasteiger partial charge in [-0.25, -0.2) is 14.6 Å². The van der Waals surface area contributed by atoms with E-state index in [1.54, 1.807) is 36.5 Å². The van der Waals surface area contributed by atoms with E-state index in [-0.39, 0.29) is 11.8 Å². The highest BCUT2D eigenvalue weighted by Gasteiger charge is 2.16. The number of halogens is 1. The Balaban J connectivity index is 1.51. The van der Waals surface area contributed by atoms with Crippen LogP contribution in [0.4, 0.5) is 27.9 Å². The lowest BCUT2D eigenvalue weighted by atomic mass is 10.1. The number of benzene rings is 2. The molecular formula is C24H26FN7O4. The monoisotopic (exact) mass is 495 g/mol. The molecule has 1 aliphatic rings. The maximum atomic E-state index is 13.3. The SMILES string of the molecule is COc1cc(/C=N\Nc2nc(Nc3ccc(F)cc3)nc(N3CCCCC3)n2)ccc1OCC(=O)O. The molecule has 0 atom stereocenters. The number of carbonyl (C=O) groups is 1. The zero-order valence-electron chi connectivity index (χ0n) is 19.6. The second-order valence-electron chi connectivity index (χ2n) is 7.92. The van der Waals surface area contributed by atoms with Crippen molar-refractivity contribution < 1.29 is 23.8 Å². The van der Waals surface area contributed by atoms with E-state index in [9.17, 15) is 9.18 Å². The molecule has 0 unspecified atom stereocenters. The fourth-order valence-electron chi connectivity index (χ4n) is 3.56. The van der Waals surface area contributed by atoms with Crippen molar-refractivity contribution in [3.63, 3.8) is 0 Å². The van der Waals surface area contributed by atoms with Gasteiger partial charge >= 0.3 is 5.97 Å². The number of hydrogen-bond donors (Lipinski definition) is 3. The Morgan fingerprint density at radius 1 is 1.08 bits per heavy atom. The van der Waals surface area contributed by atoms with Crippen LogP contribution >= 0.6 is 0 Å². The predicted octanol–water partition coefficient (Wildman–Crippen LogP) is 3.66. The average Bonchev–Trinajstić information content (AvgIpc) is 2.89. The summed E-state index contributed by atoms with van der Waals surface area (Å²) in [5, 5.41) is 16.1. The summed E-state index contributed by atoms with van der Waals surface area (Å²) >= 11 is 0. The summed E-state index contributed by atoms with van der Waals surface area (Å²) in [6, 6.07) is 10.9. The van der Waals surface area contributed by atoms with Crippen LogP contribution in [0.3, 0.4) is 0 Å². The molecule has 36 heavy (non-hydrogen) atoms. The maximum absolute atomic E-state index is 13.3. The number of hydrazone groups is 1. The fourth-order valence-corrected chi connectivity index (χ4v) is 3.56. The van der Waals surface area contributed by atoms with Gasteiger partial charge in [0.2, 0.25) is 17.8 Å². The summed E-state index contributed by atoms with van der Waals surface area (Å²) in [4.78, 5) is 26.3. The lowest BCUT2D eigenvalue weighted by molar-refractivity contribution is -0.139. The van der Waals surface area contributed by atoms with E-state index in [2.05, 4.69) is 35.7 Å². The highest BCUT2D eigenvalue weighted by molar-refractivity contribution is 5.81. The summed E-state index contributed by atoms with van der Waals surface area (Å²) in [5.74, 6) is 0.329. The largest absolute Gasteiger partial charge is 0.493 e. The van der Waals surface area contributed by atoms with Crippen molar-refractivity contribution in [2.75, 3.05) is 42.4 Å². The normalized spacial score (nSPS) is 13.4. The number of rotatable bonds is 10. The standard InChI is InChI=1S/C24H26FN7O4/c1-35-20-13-16(5-10-19(20)36-15-21(33)34)14-26-31-23-28-22(27-18-8-6-17(25)7-9-18)29-24(30-23)32-11-3-2-4-12-32/h5-10,13-14H,2-4,11-12,15H2,1H3,(H,33,34)(H2,27,28,29,30,31)/b26-14-. The second kappa shape index (κ2) is 11.8. The van der Waals surface area contributed by atoms with Crippen molar-refractivity contribution in [3.05, 3.63) is 53.8 Å². The Morgan fingerprint density at radius 3 is 2.56 bits per heavy atom. The Kier molecular flexibility index (Phi) is 8.06. The van der Waals surface area contributed by atoms with Crippen molar-refractivity contribution in [3.8, 4) is 11.5 Å². The third-order valence-corrected chi connectivity index (χ3v) is 5.28. The van der Waals surface area contributed by atoms with Crippen LogP contribution in [0.2, 0.25) is 0 Å². The van der Waals surface area contributed by atoms with E-state index in [0.717, 1.165) is 25.9 Å². The molecule has 11 nitrogen and oxygen atoms in total. The van der Waals surface area contributed by atoms with E-state index in [1.165, 1.54) is 25.7 Å². The van der Waals surface area contributed by atoms with Gasteiger partial charge in [0.25, 0.3) is 0 Å². The van der Waals surface area contributed by atoms with Crippen molar-refractivity contribution in [1.29, 1.82) is 0 Å². The lowest BCUT2D eigenvalue weighted by Crippen LogP contribution is -2.31. The van der Waals surface area contributed by atoms with E-state index < -0.39 is 12.6 Å². The van der Waals surface area contributed by atoms with Gasteiger partial charge in [0.15, 0.2) is 18.1 Å². The minimum atomic E-state index is -1.08. The predicted molar refractivity (Wildman–Crippen MR) is 133 cm³/mol. The van der Waals surface area contributed by atoms with Crippen LogP contribution in [0.15, 0.2) is 47.6 Å². The van der Waals surface area contributed by atoms with Gasteiger partial charge in [-0.1, -0.05) is 0 Å². The first-order chi connectivity index (χ1) is 17.5. The van der Waals surface area contributed by atoms with Crippen molar-refractivity contribution >= 4 is 35.7 Å². The molecule has 4 rings (SSSR count). The summed E-state index contributed by atoms with van der Waals surface area (Å²) in [6.45, 7) is 1.22. The number of hydrogen-bond acceptors (Lipinski definition) is 10. The zero-order valence-corrected chi connectivity index (χ0v) is 19.6. The van der Waals surface area contributed by atoms with Gasteiger partial charge in [0.1, 0.15) is 5.82 Å². The number of aliphatic carboxylic acids is 1. The molecule has 3 aromatic rings. The van der Waals surface area contributed by atoms with Crippen LogP contribution in [-0.2, 0) is 4.79 Å². The number of aromatic nitrogens is 3. The van der Waals surface area contributed by atoms with Crippen LogP contribution in [0.5, 0.6) is 11.5 Å². The van der Waals surface area contributed by atoms with Gasteiger partial charge in [-0.15, -0.1) is 0 Å². The highest BCUT2D eigenvalue weighted by atomic mass is 19.1. The van der Waals surface area contributed by atoms with Crippen LogP contribution in [-0.4, -0.2) is 59.0 Å². The first kappa shape index (κ1) is 24.6. The second-order valence-corrected chi connectivity index (χ2v) is 7.92. The van der Waals surface area contributed by atoms with Crippen LogP contribution in [0.1, 0.15) is 24.8 Å². The Bertz CT molecular complexity index is 1220. The fraction of sp³-hybridized carbons (Fsp3) is 0.292. The van der Waals surface area contributed by atoms with Crippen LogP contribution < -0.4 is 25.1 Å². The van der Waals surface area contributed by atoms with Crippen molar-refractivity contribution in [2.45, 2.75) is 19.3 Å². The first-order valence-electron chi connectivity index (χ1n) is 11.4. The minimum absolute atomic E-state index is 0.236. The average molecular weight is 496 g/mol. The van der Waals surface area contributed by atoms with Gasteiger partial charge < -0.3 is 24.8 Å². The molecule has 1 aromatic heterocycles. The molecule has 3 N–H and O–H groups in total. The zero-order chi connectivity index (χ0) is 25.3. The van der Waals surface area contributed by atoms with Gasteiger partial charge in [0, 0.05) is 18.8 Å². The molecule has 0 saturated carbocycles. The molecule has 0 bridgehead atoms. The molecule has 0 amide bonds. The van der Waals surface area contributed by atoms with E-state index in [4.69, 9.17) is 14.6 Å². The van der Waals surface area contributed by atoms with Crippen molar-refractivity contribution in [1.82, 2.24) is 15.0 Å². The Labute approximate surface area is 207 Å². The first-order valence-corrected chi connectivity index (χ1v) is 11.4. The number of carboxylic acid groups (broad SMARTS) is 1. The number of ether oxygens (including phenoxy) is 2. The molecule has 1 saturated heterocycles. The number of nitrogens with one attached hydrogen (secondary N) is 2. The van der Waals surface area contributed by atoms with Gasteiger partial charge in [-0.05, 0) is 67.3 Å². The molecule has 0 aliphatic carbocycles. The molecule has 12 heteroatoms. The third-order valence-electron chi connectivity index (χ3n) is 5.28. The number of methoxy groups -OCH3 is 1. The number of carboxylic acids is 1. The van der Waals surface area contributed by atoms with E-state index in [1.807, 2.05) is 0 Å². The lowest BCUT2D eigenvalue weighted by Gasteiger charge is -2.26. The van der Waals surface area contributed by atoms with E-state index in [0.29, 0.717) is 34.6 Å². The number of anilines is 4. The molecule has 2 aromatic carbocycles. The topological polar surface area (TPSA) is 134 Å². The van der Waals surface area contributed by atoms with E-state index >= 15 is 0 Å². The summed E-state index contributed by atoms with van der Waals surface area (Å²) < 4.78 is 23.8. The minimum Gasteiger partial charge on any atom is -0.493 e. The van der Waals surface area contributed by atoms with Gasteiger partial charge in [-0.2, -0.15) is 20.1 Å². The summed E-state index contributed by atoms with van der Waals surface area (Å²) in [5.41, 5.74) is 4.15. The summed E-state index contributed by atoms with van der Waals surface area (Å²) in [6.07, 6.45) is 4.82. The summed E-state index contributed by atoms with van der Waals surface area (Å²) in [7, 11) is 1.46. The quantitative estimate of drug-likeness (QED) is 0.282. The van der Waals surface area contributed by atoms with Gasteiger partial charge in [-0.3, -0.25) is 0 Å². The smallest absolute Gasteiger partial charge is 0.341 e. The molecule has 188 valence electrons. The molecule has 2 heterocycles. The molecule has 1 fully saturated rings. The number of nitrogens with zero attached hydrogens (tertiary/aromatic N) is 5. The van der Waals surface area contributed by atoms with Crippen LogP contribution in [0.25, 0.3) is 0 Å². The number of piperidine rings is 1. The molecule has 1 aliphatic heterocycles. The molecule has 0 radical (unpaired) electrons. The van der Waals surface area contributed by atoms with Crippen LogP contribution in [0, 0.1) is 5.82 Å². The Hall–Kier alpha value is -4.48. The maximum Gasteiger partial charge on any atom is 0.341 e.